The summed E-state index contributed by atoms with van der Waals surface area (Å²) in [7, 11) is 0. The molecule has 1 saturated heterocycles. The monoisotopic (exact) mass is 304 g/mol. The van der Waals surface area contributed by atoms with Crippen molar-refractivity contribution in [3.05, 3.63) is 46.8 Å². The molecule has 2 unspecified atom stereocenters. The van der Waals surface area contributed by atoms with Crippen LogP contribution in [0.2, 0.25) is 0 Å². The van der Waals surface area contributed by atoms with Gasteiger partial charge in [-0.2, -0.15) is 0 Å². The summed E-state index contributed by atoms with van der Waals surface area (Å²) < 4.78 is 20.7. The van der Waals surface area contributed by atoms with E-state index in [0.29, 0.717) is 5.92 Å². The van der Waals surface area contributed by atoms with Crippen molar-refractivity contribution in [2.24, 2.45) is 5.92 Å². The molecule has 1 fully saturated rings. The summed E-state index contributed by atoms with van der Waals surface area (Å²) in [5.41, 5.74) is 2.66. The third-order valence-corrected chi connectivity index (χ3v) is 4.76. The summed E-state index contributed by atoms with van der Waals surface area (Å²) in [6, 6.07) is 4.02. The van der Waals surface area contributed by atoms with Gasteiger partial charge in [0.05, 0.1) is 12.7 Å². The Kier molecular flexibility index (Phi) is 6.63. The lowest BCUT2D eigenvalue weighted by Crippen LogP contribution is -2.21. The van der Waals surface area contributed by atoms with Gasteiger partial charge in [-0.1, -0.05) is 37.6 Å². The van der Waals surface area contributed by atoms with Crippen LogP contribution in [0.4, 0.5) is 4.39 Å². The molecule has 2 rings (SSSR count). The maximum Gasteiger partial charge on any atom is 0.132 e. The maximum absolute atomic E-state index is 14.7. The van der Waals surface area contributed by atoms with Gasteiger partial charge < -0.3 is 4.74 Å². The average Bonchev–Trinajstić information content (AvgIpc) is 2.53. The molecular weight excluding hydrogens is 275 g/mol. The van der Waals surface area contributed by atoms with Gasteiger partial charge in [-0.3, -0.25) is 0 Å². The van der Waals surface area contributed by atoms with Crippen LogP contribution in [0.5, 0.6) is 0 Å². The molecule has 2 heteroatoms. The zero-order valence-electron chi connectivity index (χ0n) is 14.2. The Bertz CT molecular complexity index is 499. The van der Waals surface area contributed by atoms with Gasteiger partial charge >= 0.3 is 0 Å². The fraction of sp³-hybridized carbons (Fsp3) is 0.600. The molecule has 0 N–H and O–H groups in total. The minimum Gasteiger partial charge on any atom is -0.373 e. The van der Waals surface area contributed by atoms with E-state index in [1.54, 1.807) is 0 Å². The van der Waals surface area contributed by atoms with Gasteiger partial charge in [-0.05, 0) is 63.0 Å². The van der Waals surface area contributed by atoms with Crippen LogP contribution in [0.25, 0.3) is 0 Å². The van der Waals surface area contributed by atoms with Gasteiger partial charge in [0, 0.05) is 5.56 Å². The largest absolute Gasteiger partial charge is 0.373 e. The smallest absolute Gasteiger partial charge is 0.132 e. The molecule has 1 nitrogen and oxygen atoms in total. The van der Waals surface area contributed by atoms with Crippen molar-refractivity contribution in [3.8, 4) is 0 Å². The lowest BCUT2D eigenvalue weighted by Gasteiger charge is -2.30. The van der Waals surface area contributed by atoms with E-state index in [9.17, 15) is 4.39 Å². The first kappa shape index (κ1) is 17.2. The molecule has 2 atom stereocenters. The van der Waals surface area contributed by atoms with Gasteiger partial charge in [-0.25, -0.2) is 4.39 Å². The highest BCUT2D eigenvalue weighted by Gasteiger charge is 2.25. The van der Waals surface area contributed by atoms with Gasteiger partial charge in [0.15, 0.2) is 0 Å². The molecule has 1 heterocycles. The lowest BCUT2D eigenvalue weighted by atomic mass is 9.90. The number of allylic oxidation sites excluding steroid dienone is 2. The molecule has 0 aliphatic carbocycles. The van der Waals surface area contributed by atoms with Crippen molar-refractivity contribution in [2.45, 2.75) is 65.4 Å². The molecule has 0 radical (unpaired) electrons. The molecule has 1 aromatic rings. The van der Waals surface area contributed by atoms with Crippen molar-refractivity contribution >= 4 is 0 Å². The number of halogens is 1. The molecule has 0 aromatic heterocycles. The van der Waals surface area contributed by atoms with Gasteiger partial charge in [-0.15, -0.1) is 0 Å². The number of hydrogen-bond acceptors (Lipinski definition) is 1. The Morgan fingerprint density at radius 2 is 2.14 bits per heavy atom. The Morgan fingerprint density at radius 3 is 2.77 bits per heavy atom. The number of rotatable bonds is 6. The Labute approximate surface area is 134 Å². The fourth-order valence-corrected chi connectivity index (χ4v) is 3.36. The van der Waals surface area contributed by atoms with Crippen LogP contribution < -0.4 is 0 Å². The zero-order chi connectivity index (χ0) is 15.9. The van der Waals surface area contributed by atoms with Crippen molar-refractivity contribution < 1.29 is 9.13 Å². The SMILES string of the molecule is C/C=C/CCc1ccc(C2CCC(CCC)CO2)c(F)c1C. The Hall–Kier alpha value is -1.15. The van der Waals surface area contributed by atoms with E-state index in [2.05, 4.69) is 19.1 Å². The molecule has 0 saturated carbocycles. The summed E-state index contributed by atoms with van der Waals surface area (Å²) in [6.45, 7) is 6.90. The minimum absolute atomic E-state index is 0.0584. The standard InChI is InChI=1S/C20H29FO/c1-4-6-7-9-17-11-12-18(20(21)15(17)3)19-13-10-16(8-5-2)14-22-19/h4,6,11-12,16,19H,5,7-10,13-14H2,1-3H3/b6-4+. The molecule has 1 aromatic carbocycles. The predicted molar refractivity (Wildman–Crippen MR) is 90.6 cm³/mol. The maximum atomic E-state index is 14.7. The van der Waals surface area contributed by atoms with Crippen molar-refractivity contribution in [3.63, 3.8) is 0 Å². The number of aryl methyl sites for hydroxylation is 1. The van der Waals surface area contributed by atoms with Crippen molar-refractivity contribution in [1.82, 2.24) is 0 Å². The summed E-state index contributed by atoms with van der Waals surface area (Å²) in [6.07, 6.45) is 10.5. The Balaban J connectivity index is 2.05. The molecule has 0 bridgehead atoms. The van der Waals surface area contributed by atoms with Gasteiger partial charge in [0.2, 0.25) is 0 Å². The fourth-order valence-electron chi connectivity index (χ4n) is 3.36. The van der Waals surface area contributed by atoms with Crippen LogP contribution in [0.15, 0.2) is 24.3 Å². The van der Waals surface area contributed by atoms with Crippen LogP contribution in [-0.2, 0) is 11.2 Å². The summed E-state index contributed by atoms with van der Waals surface area (Å²) in [5, 5.41) is 0. The molecule has 22 heavy (non-hydrogen) atoms. The highest BCUT2D eigenvalue weighted by molar-refractivity contribution is 5.34. The lowest BCUT2D eigenvalue weighted by molar-refractivity contribution is -0.0212. The highest BCUT2D eigenvalue weighted by Crippen LogP contribution is 2.35. The normalized spacial score (nSPS) is 22.4. The van der Waals surface area contributed by atoms with Crippen LogP contribution in [0, 0.1) is 18.7 Å². The summed E-state index contributed by atoms with van der Waals surface area (Å²) in [4.78, 5) is 0. The first-order valence-corrected chi connectivity index (χ1v) is 8.68. The van der Waals surface area contributed by atoms with Crippen LogP contribution >= 0.6 is 0 Å². The first-order valence-electron chi connectivity index (χ1n) is 8.68. The molecule has 122 valence electrons. The topological polar surface area (TPSA) is 9.23 Å². The number of benzene rings is 1. The van der Waals surface area contributed by atoms with Crippen LogP contribution in [0.1, 0.15) is 68.7 Å². The second-order valence-corrected chi connectivity index (χ2v) is 6.41. The van der Waals surface area contributed by atoms with Gasteiger partial charge in [0.1, 0.15) is 5.82 Å². The van der Waals surface area contributed by atoms with E-state index in [1.807, 2.05) is 26.0 Å². The van der Waals surface area contributed by atoms with E-state index in [0.717, 1.165) is 49.0 Å². The first-order chi connectivity index (χ1) is 10.7. The predicted octanol–water partition coefficient (Wildman–Crippen LogP) is 5.91. The number of hydrogen-bond donors (Lipinski definition) is 0. The van der Waals surface area contributed by atoms with E-state index in [1.165, 1.54) is 12.8 Å². The van der Waals surface area contributed by atoms with Crippen LogP contribution in [0.3, 0.4) is 0 Å². The number of ether oxygens (including phenoxy) is 1. The summed E-state index contributed by atoms with van der Waals surface area (Å²) >= 11 is 0. The third-order valence-electron chi connectivity index (χ3n) is 4.76. The van der Waals surface area contributed by atoms with E-state index < -0.39 is 0 Å². The third kappa shape index (κ3) is 4.19. The van der Waals surface area contributed by atoms with Crippen molar-refractivity contribution in [1.29, 1.82) is 0 Å². The molecule has 0 spiro atoms. The molecular formula is C20H29FO. The van der Waals surface area contributed by atoms with Gasteiger partial charge in [0.25, 0.3) is 0 Å². The van der Waals surface area contributed by atoms with Crippen LogP contribution in [-0.4, -0.2) is 6.61 Å². The quantitative estimate of drug-likeness (QED) is 0.594. The van der Waals surface area contributed by atoms with E-state index in [4.69, 9.17) is 4.74 Å². The second kappa shape index (κ2) is 8.47. The minimum atomic E-state index is -0.0589. The van der Waals surface area contributed by atoms with E-state index >= 15 is 0 Å². The van der Waals surface area contributed by atoms with E-state index in [-0.39, 0.29) is 11.9 Å². The second-order valence-electron chi connectivity index (χ2n) is 6.41. The highest BCUT2D eigenvalue weighted by atomic mass is 19.1. The molecule has 1 aliphatic heterocycles. The van der Waals surface area contributed by atoms with Crippen molar-refractivity contribution in [2.75, 3.05) is 6.61 Å². The molecule has 1 aliphatic rings. The summed E-state index contributed by atoms with van der Waals surface area (Å²) in [5.74, 6) is 0.599. The Morgan fingerprint density at radius 1 is 1.32 bits per heavy atom. The molecule has 0 amide bonds. The average molecular weight is 304 g/mol. The zero-order valence-corrected chi connectivity index (χ0v) is 14.2.